The normalized spacial score (nSPS) is 10.2. The second kappa shape index (κ2) is 8.11. The molecule has 120 valence electrons. The van der Waals surface area contributed by atoms with Gasteiger partial charge in [0.25, 0.3) is 0 Å². The molecule has 4 nitrogen and oxygen atoms in total. The summed E-state index contributed by atoms with van der Waals surface area (Å²) in [6, 6.07) is 8.41. The number of hydrogen-bond acceptors (Lipinski definition) is 4. The summed E-state index contributed by atoms with van der Waals surface area (Å²) in [4.78, 5) is 11.4. The average molecular weight is 321 g/mol. The van der Waals surface area contributed by atoms with Crippen molar-refractivity contribution in [3.8, 4) is 11.3 Å². The molecule has 0 radical (unpaired) electrons. The van der Waals surface area contributed by atoms with E-state index in [0.29, 0.717) is 6.54 Å². The standard InChI is InChI=1S/C17H24N4.ClH/c1-5-21(6-2)17-19-14(11-18)10-16(20-17)15-8-7-12(3)9-13(15)4;/h7-10H,5-6,11,18H2,1-4H3;1H. The lowest BCUT2D eigenvalue weighted by Crippen LogP contribution is -2.25. The number of anilines is 1. The molecule has 2 rings (SSSR count). The third kappa shape index (κ3) is 3.96. The van der Waals surface area contributed by atoms with E-state index in [1.54, 1.807) is 0 Å². The fourth-order valence-electron chi connectivity index (χ4n) is 2.47. The number of halogens is 1. The first kappa shape index (κ1) is 18.4. The molecule has 0 aliphatic rings. The molecule has 1 heterocycles. The Morgan fingerprint density at radius 1 is 1.05 bits per heavy atom. The second-order valence-electron chi connectivity index (χ2n) is 5.24. The summed E-state index contributed by atoms with van der Waals surface area (Å²) in [5.74, 6) is 0.762. The molecule has 1 aromatic carbocycles. The summed E-state index contributed by atoms with van der Waals surface area (Å²) in [5.41, 5.74) is 11.3. The van der Waals surface area contributed by atoms with Crippen LogP contribution in [0.1, 0.15) is 30.7 Å². The van der Waals surface area contributed by atoms with Crippen molar-refractivity contribution in [2.24, 2.45) is 5.73 Å². The van der Waals surface area contributed by atoms with Gasteiger partial charge in [-0.1, -0.05) is 23.8 Å². The van der Waals surface area contributed by atoms with Gasteiger partial charge in [-0.15, -0.1) is 12.4 Å². The highest BCUT2D eigenvalue weighted by atomic mass is 35.5. The molecular formula is C17H25ClN4. The van der Waals surface area contributed by atoms with E-state index in [-0.39, 0.29) is 12.4 Å². The molecule has 0 spiro atoms. The number of aryl methyl sites for hydroxylation is 2. The maximum atomic E-state index is 5.80. The summed E-state index contributed by atoms with van der Waals surface area (Å²) < 4.78 is 0. The molecule has 0 atom stereocenters. The molecule has 0 amide bonds. The summed E-state index contributed by atoms with van der Waals surface area (Å²) in [5, 5.41) is 0. The van der Waals surface area contributed by atoms with Crippen LogP contribution in [0.25, 0.3) is 11.3 Å². The number of benzene rings is 1. The Morgan fingerprint density at radius 2 is 1.73 bits per heavy atom. The minimum Gasteiger partial charge on any atom is -0.341 e. The third-order valence-corrected chi connectivity index (χ3v) is 3.68. The molecule has 0 aliphatic heterocycles. The fourth-order valence-corrected chi connectivity index (χ4v) is 2.47. The number of nitrogens with two attached hydrogens (primary N) is 1. The van der Waals surface area contributed by atoms with Crippen LogP contribution in [0, 0.1) is 13.8 Å². The lowest BCUT2D eigenvalue weighted by Gasteiger charge is -2.20. The van der Waals surface area contributed by atoms with E-state index in [4.69, 9.17) is 10.7 Å². The van der Waals surface area contributed by atoms with Gasteiger partial charge < -0.3 is 10.6 Å². The predicted molar refractivity (Wildman–Crippen MR) is 95.6 cm³/mol. The molecular weight excluding hydrogens is 296 g/mol. The Labute approximate surface area is 139 Å². The van der Waals surface area contributed by atoms with Crippen molar-refractivity contribution in [2.45, 2.75) is 34.2 Å². The zero-order chi connectivity index (χ0) is 15.4. The molecule has 0 aliphatic carbocycles. The summed E-state index contributed by atoms with van der Waals surface area (Å²) >= 11 is 0. The first-order valence-corrected chi connectivity index (χ1v) is 7.49. The maximum absolute atomic E-state index is 5.80. The summed E-state index contributed by atoms with van der Waals surface area (Å²) in [7, 11) is 0. The maximum Gasteiger partial charge on any atom is 0.226 e. The van der Waals surface area contributed by atoms with E-state index < -0.39 is 0 Å². The SMILES string of the molecule is CCN(CC)c1nc(CN)cc(-c2ccc(C)cc2C)n1.Cl. The van der Waals surface area contributed by atoms with Crippen LogP contribution in [0.5, 0.6) is 0 Å². The van der Waals surface area contributed by atoms with Gasteiger partial charge in [-0.25, -0.2) is 9.97 Å². The van der Waals surface area contributed by atoms with Gasteiger partial charge in [0.15, 0.2) is 0 Å². The van der Waals surface area contributed by atoms with Crippen LogP contribution in [-0.2, 0) is 6.54 Å². The van der Waals surface area contributed by atoms with Gasteiger partial charge in [0, 0.05) is 25.2 Å². The molecule has 0 unspecified atom stereocenters. The van der Waals surface area contributed by atoms with Crippen molar-refractivity contribution < 1.29 is 0 Å². The van der Waals surface area contributed by atoms with E-state index in [1.807, 2.05) is 6.07 Å². The molecule has 5 heteroatoms. The molecule has 22 heavy (non-hydrogen) atoms. The van der Waals surface area contributed by atoms with E-state index >= 15 is 0 Å². The van der Waals surface area contributed by atoms with Crippen molar-refractivity contribution in [1.82, 2.24) is 9.97 Å². The minimum atomic E-state index is 0. The quantitative estimate of drug-likeness (QED) is 0.916. The van der Waals surface area contributed by atoms with E-state index in [9.17, 15) is 0 Å². The Hall–Kier alpha value is -1.65. The highest BCUT2D eigenvalue weighted by Gasteiger charge is 2.11. The van der Waals surface area contributed by atoms with Gasteiger partial charge >= 0.3 is 0 Å². The zero-order valence-corrected chi connectivity index (χ0v) is 14.6. The molecule has 0 fully saturated rings. The van der Waals surface area contributed by atoms with Gasteiger partial charge in [-0.2, -0.15) is 0 Å². The van der Waals surface area contributed by atoms with Crippen LogP contribution in [0.15, 0.2) is 24.3 Å². The predicted octanol–water partition coefficient (Wildman–Crippen LogP) is 3.49. The number of nitrogens with zero attached hydrogens (tertiary/aromatic N) is 3. The van der Waals surface area contributed by atoms with Crippen LogP contribution >= 0.6 is 12.4 Å². The lowest BCUT2D eigenvalue weighted by molar-refractivity contribution is 0.809. The van der Waals surface area contributed by atoms with Crippen LogP contribution in [0.3, 0.4) is 0 Å². The van der Waals surface area contributed by atoms with Gasteiger partial charge in [0.2, 0.25) is 5.95 Å². The van der Waals surface area contributed by atoms with Crippen molar-refractivity contribution in [1.29, 1.82) is 0 Å². The Bertz CT molecular complexity index is 624. The molecule has 0 bridgehead atoms. The zero-order valence-electron chi connectivity index (χ0n) is 13.8. The van der Waals surface area contributed by atoms with E-state index in [0.717, 1.165) is 36.0 Å². The van der Waals surface area contributed by atoms with E-state index in [1.165, 1.54) is 11.1 Å². The lowest BCUT2D eigenvalue weighted by atomic mass is 10.0. The fraction of sp³-hybridized carbons (Fsp3) is 0.412. The molecule has 2 N–H and O–H groups in total. The third-order valence-electron chi connectivity index (χ3n) is 3.68. The Balaban J connectivity index is 0.00000242. The van der Waals surface area contributed by atoms with Crippen molar-refractivity contribution in [3.63, 3.8) is 0 Å². The first-order chi connectivity index (χ1) is 10.1. The molecule has 2 aromatic rings. The first-order valence-electron chi connectivity index (χ1n) is 7.49. The Morgan fingerprint density at radius 3 is 2.27 bits per heavy atom. The number of hydrogen-bond donors (Lipinski definition) is 1. The topological polar surface area (TPSA) is 55.0 Å². The number of rotatable bonds is 5. The van der Waals surface area contributed by atoms with Crippen molar-refractivity contribution in [3.05, 3.63) is 41.1 Å². The molecule has 1 aromatic heterocycles. The van der Waals surface area contributed by atoms with Gasteiger partial charge in [-0.3, -0.25) is 0 Å². The Kier molecular flexibility index (Phi) is 6.78. The van der Waals surface area contributed by atoms with Crippen molar-refractivity contribution >= 4 is 18.4 Å². The van der Waals surface area contributed by atoms with Crippen LogP contribution in [0.4, 0.5) is 5.95 Å². The second-order valence-corrected chi connectivity index (χ2v) is 5.24. The van der Waals surface area contributed by atoms with E-state index in [2.05, 4.69) is 55.8 Å². The minimum absolute atomic E-state index is 0. The highest BCUT2D eigenvalue weighted by Crippen LogP contribution is 2.25. The largest absolute Gasteiger partial charge is 0.341 e. The smallest absolute Gasteiger partial charge is 0.226 e. The number of aromatic nitrogens is 2. The van der Waals surface area contributed by atoms with Crippen LogP contribution < -0.4 is 10.6 Å². The highest BCUT2D eigenvalue weighted by molar-refractivity contribution is 5.85. The summed E-state index contributed by atoms with van der Waals surface area (Å²) in [6.45, 7) is 10.6. The van der Waals surface area contributed by atoms with Gasteiger partial charge in [-0.05, 0) is 39.3 Å². The molecule has 0 saturated carbocycles. The van der Waals surface area contributed by atoms with Crippen LogP contribution in [0.2, 0.25) is 0 Å². The molecule has 0 saturated heterocycles. The van der Waals surface area contributed by atoms with Crippen LogP contribution in [-0.4, -0.2) is 23.1 Å². The summed E-state index contributed by atoms with van der Waals surface area (Å²) in [6.07, 6.45) is 0. The van der Waals surface area contributed by atoms with Crippen molar-refractivity contribution in [2.75, 3.05) is 18.0 Å². The monoisotopic (exact) mass is 320 g/mol. The average Bonchev–Trinajstić information content (AvgIpc) is 2.48. The van der Waals surface area contributed by atoms with Gasteiger partial charge in [0.1, 0.15) is 0 Å². The van der Waals surface area contributed by atoms with Gasteiger partial charge in [0.05, 0.1) is 11.4 Å².